The standard InChI is InChI=1S/C13H25N3/c1-9(2)13(10(3)4)8-14-6-12-7-15-16-11(12)5/h7,9-10,13-14H,6,8H2,1-5H3,(H,15,16). The van der Waals surface area contributed by atoms with Gasteiger partial charge in [0.2, 0.25) is 0 Å². The summed E-state index contributed by atoms with van der Waals surface area (Å²) >= 11 is 0. The Kier molecular flexibility index (Phi) is 5.00. The number of hydrogen-bond donors (Lipinski definition) is 2. The summed E-state index contributed by atoms with van der Waals surface area (Å²) in [4.78, 5) is 0. The lowest BCUT2D eigenvalue weighted by molar-refractivity contribution is 0.275. The summed E-state index contributed by atoms with van der Waals surface area (Å²) in [6, 6.07) is 0. The van der Waals surface area contributed by atoms with Crippen molar-refractivity contribution in [3.8, 4) is 0 Å². The summed E-state index contributed by atoms with van der Waals surface area (Å²) in [6.45, 7) is 13.3. The van der Waals surface area contributed by atoms with Crippen LogP contribution in [0.2, 0.25) is 0 Å². The van der Waals surface area contributed by atoms with Gasteiger partial charge in [0.15, 0.2) is 0 Å². The van der Waals surface area contributed by atoms with E-state index in [1.807, 2.05) is 6.20 Å². The summed E-state index contributed by atoms with van der Waals surface area (Å²) in [5, 5.41) is 10.5. The van der Waals surface area contributed by atoms with E-state index in [1.165, 1.54) is 5.56 Å². The Balaban J connectivity index is 2.37. The molecule has 0 aliphatic heterocycles. The first-order valence-corrected chi connectivity index (χ1v) is 6.22. The first-order chi connectivity index (χ1) is 7.52. The normalized spacial score (nSPS) is 12.0. The number of rotatable bonds is 6. The maximum Gasteiger partial charge on any atom is 0.0535 e. The van der Waals surface area contributed by atoms with Gasteiger partial charge in [-0.1, -0.05) is 27.7 Å². The van der Waals surface area contributed by atoms with Gasteiger partial charge in [0.25, 0.3) is 0 Å². The summed E-state index contributed by atoms with van der Waals surface area (Å²) in [5.41, 5.74) is 2.43. The summed E-state index contributed by atoms with van der Waals surface area (Å²) in [6.07, 6.45) is 1.90. The molecule has 0 fully saturated rings. The predicted octanol–water partition coefficient (Wildman–Crippen LogP) is 2.74. The highest BCUT2D eigenvalue weighted by Gasteiger charge is 2.16. The van der Waals surface area contributed by atoms with Crippen LogP contribution in [0.15, 0.2) is 6.20 Å². The van der Waals surface area contributed by atoms with Crippen molar-refractivity contribution in [3.05, 3.63) is 17.5 Å². The molecule has 0 spiro atoms. The number of nitrogens with zero attached hydrogens (tertiary/aromatic N) is 1. The van der Waals surface area contributed by atoms with E-state index in [9.17, 15) is 0 Å². The van der Waals surface area contributed by atoms with Gasteiger partial charge in [0.05, 0.1) is 6.20 Å². The zero-order chi connectivity index (χ0) is 12.1. The Labute approximate surface area is 99.0 Å². The van der Waals surface area contributed by atoms with Crippen molar-refractivity contribution < 1.29 is 0 Å². The Morgan fingerprint density at radius 2 is 1.88 bits per heavy atom. The van der Waals surface area contributed by atoms with E-state index >= 15 is 0 Å². The van der Waals surface area contributed by atoms with Crippen molar-refractivity contribution in [2.24, 2.45) is 17.8 Å². The highest BCUT2D eigenvalue weighted by Crippen LogP contribution is 2.19. The average molecular weight is 223 g/mol. The largest absolute Gasteiger partial charge is 0.312 e. The third-order valence-electron chi connectivity index (χ3n) is 3.34. The molecule has 1 rings (SSSR count). The lowest BCUT2D eigenvalue weighted by atomic mass is 9.85. The summed E-state index contributed by atoms with van der Waals surface area (Å²) in [5.74, 6) is 2.21. The van der Waals surface area contributed by atoms with Crippen molar-refractivity contribution in [2.45, 2.75) is 41.2 Å². The second-order valence-corrected chi connectivity index (χ2v) is 5.30. The smallest absolute Gasteiger partial charge is 0.0535 e. The fourth-order valence-corrected chi connectivity index (χ4v) is 2.17. The van der Waals surface area contributed by atoms with Crippen molar-refractivity contribution in [1.29, 1.82) is 0 Å². The molecule has 3 heteroatoms. The van der Waals surface area contributed by atoms with Gasteiger partial charge >= 0.3 is 0 Å². The highest BCUT2D eigenvalue weighted by molar-refractivity contribution is 5.13. The fourth-order valence-electron chi connectivity index (χ4n) is 2.17. The molecule has 0 aliphatic rings. The highest BCUT2D eigenvalue weighted by atomic mass is 15.1. The van der Waals surface area contributed by atoms with Crippen LogP contribution in [0.1, 0.15) is 39.0 Å². The molecule has 0 unspecified atom stereocenters. The number of aromatic nitrogens is 2. The van der Waals surface area contributed by atoms with Gasteiger partial charge in [-0.3, -0.25) is 5.10 Å². The lowest BCUT2D eigenvalue weighted by Gasteiger charge is -2.25. The number of nitrogens with one attached hydrogen (secondary N) is 2. The van der Waals surface area contributed by atoms with Gasteiger partial charge in [-0.05, 0) is 31.2 Å². The van der Waals surface area contributed by atoms with Crippen molar-refractivity contribution in [3.63, 3.8) is 0 Å². The third-order valence-corrected chi connectivity index (χ3v) is 3.34. The van der Waals surface area contributed by atoms with E-state index in [4.69, 9.17) is 0 Å². The molecule has 0 radical (unpaired) electrons. The van der Waals surface area contributed by atoms with E-state index < -0.39 is 0 Å². The molecule has 0 aliphatic carbocycles. The first-order valence-electron chi connectivity index (χ1n) is 6.22. The Morgan fingerprint density at radius 3 is 2.31 bits per heavy atom. The van der Waals surface area contributed by atoms with Gasteiger partial charge in [-0.2, -0.15) is 5.10 Å². The van der Waals surface area contributed by atoms with Crippen LogP contribution in [0.25, 0.3) is 0 Å². The number of aromatic amines is 1. The quantitative estimate of drug-likeness (QED) is 0.778. The lowest BCUT2D eigenvalue weighted by Crippen LogP contribution is -2.29. The molecule has 0 amide bonds. The van der Waals surface area contributed by atoms with Crippen LogP contribution in [-0.4, -0.2) is 16.7 Å². The monoisotopic (exact) mass is 223 g/mol. The third kappa shape index (κ3) is 3.63. The van der Waals surface area contributed by atoms with Crippen LogP contribution in [0.4, 0.5) is 0 Å². The van der Waals surface area contributed by atoms with E-state index in [1.54, 1.807) is 0 Å². The van der Waals surface area contributed by atoms with E-state index in [-0.39, 0.29) is 0 Å². The minimum atomic E-state index is 0.734. The number of hydrogen-bond acceptors (Lipinski definition) is 2. The Hall–Kier alpha value is -0.830. The first kappa shape index (κ1) is 13.2. The molecular formula is C13H25N3. The molecule has 0 aromatic carbocycles. The molecule has 16 heavy (non-hydrogen) atoms. The van der Waals surface area contributed by atoms with Crippen LogP contribution in [-0.2, 0) is 6.54 Å². The summed E-state index contributed by atoms with van der Waals surface area (Å²) in [7, 11) is 0. The summed E-state index contributed by atoms with van der Waals surface area (Å²) < 4.78 is 0. The van der Waals surface area contributed by atoms with Crippen LogP contribution in [0, 0.1) is 24.7 Å². The minimum absolute atomic E-state index is 0.734. The van der Waals surface area contributed by atoms with Crippen LogP contribution < -0.4 is 5.32 Å². The second kappa shape index (κ2) is 6.04. The maximum absolute atomic E-state index is 4.02. The Bertz CT molecular complexity index is 294. The van der Waals surface area contributed by atoms with Crippen LogP contribution >= 0.6 is 0 Å². The molecule has 1 aromatic heterocycles. The van der Waals surface area contributed by atoms with Gasteiger partial charge in [-0.25, -0.2) is 0 Å². The molecule has 92 valence electrons. The second-order valence-electron chi connectivity index (χ2n) is 5.30. The molecule has 0 bridgehead atoms. The van der Waals surface area contributed by atoms with Gasteiger partial charge < -0.3 is 5.32 Å². The average Bonchev–Trinajstić information content (AvgIpc) is 2.57. The van der Waals surface area contributed by atoms with E-state index in [0.29, 0.717) is 0 Å². The van der Waals surface area contributed by atoms with Gasteiger partial charge in [0.1, 0.15) is 0 Å². The van der Waals surface area contributed by atoms with E-state index in [2.05, 4.69) is 50.1 Å². The number of H-pyrrole nitrogens is 1. The van der Waals surface area contributed by atoms with Crippen molar-refractivity contribution in [2.75, 3.05) is 6.54 Å². The Morgan fingerprint density at radius 1 is 1.25 bits per heavy atom. The molecule has 1 heterocycles. The molecule has 3 nitrogen and oxygen atoms in total. The SMILES string of the molecule is Cc1[nH]ncc1CNCC(C(C)C)C(C)C. The number of aryl methyl sites for hydroxylation is 1. The van der Waals surface area contributed by atoms with Crippen LogP contribution in [0.3, 0.4) is 0 Å². The van der Waals surface area contributed by atoms with Crippen molar-refractivity contribution in [1.82, 2.24) is 15.5 Å². The van der Waals surface area contributed by atoms with Gasteiger partial charge in [0, 0.05) is 17.8 Å². The van der Waals surface area contributed by atoms with E-state index in [0.717, 1.165) is 36.5 Å². The zero-order valence-electron chi connectivity index (χ0n) is 11.2. The topological polar surface area (TPSA) is 40.7 Å². The fraction of sp³-hybridized carbons (Fsp3) is 0.769. The van der Waals surface area contributed by atoms with Crippen molar-refractivity contribution >= 4 is 0 Å². The molecule has 0 saturated heterocycles. The van der Waals surface area contributed by atoms with Gasteiger partial charge in [-0.15, -0.1) is 0 Å². The minimum Gasteiger partial charge on any atom is -0.312 e. The molecule has 0 saturated carbocycles. The van der Waals surface area contributed by atoms with Crippen LogP contribution in [0.5, 0.6) is 0 Å². The zero-order valence-corrected chi connectivity index (χ0v) is 11.2. The maximum atomic E-state index is 4.02. The molecule has 2 N–H and O–H groups in total. The predicted molar refractivity (Wildman–Crippen MR) is 68.2 cm³/mol. The molecular weight excluding hydrogens is 198 g/mol. The molecule has 1 aromatic rings. The molecule has 0 atom stereocenters.